The van der Waals surface area contributed by atoms with Gasteiger partial charge in [-0.15, -0.1) is 0 Å². The minimum absolute atomic E-state index is 0.0423. The number of ether oxygens (including phenoxy) is 1. The Morgan fingerprint density at radius 2 is 1.04 bits per heavy atom. The molecule has 0 spiro atoms. The topological polar surface area (TPSA) is 95.9 Å². The van der Waals surface area contributed by atoms with E-state index in [1.54, 1.807) is 0 Å². The Bertz CT molecular complexity index is 869. The highest BCUT2D eigenvalue weighted by atomic mass is 16.5. The Kier molecular flexibility index (Phi) is 38.8. The maximum atomic E-state index is 13.1. The Morgan fingerprint density at radius 1 is 0.558 bits per heavy atom. The minimum Gasteiger partial charge on any atom is -0.462 e. The molecule has 0 aliphatic rings. The molecule has 0 aliphatic heterocycles. The van der Waals surface area contributed by atoms with Crippen LogP contribution in [0.3, 0.4) is 0 Å². The van der Waals surface area contributed by atoms with E-state index < -0.39 is 18.2 Å². The largest absolute Gasteiger partial charge is 0.462 e. The van der Waals surface area contributed by atoms with Crippen molar-refractivity contribution in [2.75, 3.05) is 6.61 Å². The standard InChI is InChI=1S/C46H85NO5/c1-4-7-10-13-16-19-21-22-23-24-26-28-31-34-37-42(52-46(51)39-36-33-30-27-20-17-14-11-8-5-2)40-45(50)47-43(41-48)44(49)38-35-32-29-25-18-15-12-9-6-3/h11,14,23-24,26,28,42-44,48-49H,4-10,12-13,15-22,25,27,29-41H2,1-3H3,(H,47,50)/b14-11-,24-23+,28-26+. The molecule has 0 rings (SSSR count). The van der Waals surface area contributed by atoms with Crippen molar-refractivity contribution in [2.45, 2.75) is 238 Å². The van der Waals surface area contributed by atoms with Gasteiger partial charge in [0.05, 0.1) is 25.2 Å². The molecule has 0 saturated heterocycles. The van der Waals surface area contributed by atoms with Crippen molar-refractivity contribution in [3.8, 4) is 0 Å². The van der Waals surface area contributed by atoms with Crippen LogP contribution in [0.5, 0.6) is 0 Å². The van der Waals surface area contributed by atoms with Gasteiger partial charge in [-0.3, -0.25) is 9.59 Å². The van der Waals surface area contributed by atoms with Crippen LogP contribution in [-0.4, -0.2) is 46.9 Å². The van der Waals surface area contributed by atoms with E-state index in [-0.39, 0.29) is 24.9 Å². The van der Waals surface area contributed by atoms with Crippen molar-refractivity contribution in [3.05, 3.63) is 36.5 Å². The number of aliphatic hydroxyl groups excluding tert-OH is 2. The van der Waals surface area contributed by atoms with Crippen LogP contribution in [-0.2, 0) is 14.3 Å². The first kappa shape index (κ1) is 50.1. The summed E-state index contributed by atoms with van der Waals surface area (Å²) in [5.41, 5.74) is 0. The number of nitrogens with one attached hydrogen (secondary N) is 1. The van der Waals surface area contributed by atoms with E-state index in [1.165, 1.54) is 103 Å². The van der Waals surface area contributed by atoms with Gasteiger partial charge in [0.2, 0.25) is 5.91 Å². The zero-order chi connectivity index (χ0) is 38.2. The number of esters is 1. The van der Waals surface area contributed by atoms with E-state index in [0.717, 1.165) is 70.6 Å². The Morgan fingerprint density at radius 3 is 1.60 bits per heavy atom. The summed E-state index contributed by atoms with van der Waals surface area (Å²) in [6.07, 6.45) is 45.0. The third-order valence-electron chi connectivity index (χ3n) is 9.95. The van der Waals surface area contributed by atoms with Gasteiger partial charge in [0, 0.05) is 6.42 Å². The minimum atomic E-state index is -0.796. The SMILES string of the molecule is CCC/C=C\CCCCCCCC(=O)OC(CCC/C=C/C=C/CCCCCCCCC)CC(=O)NC(CO)C(O)CCCCCCCCCCC. The van der Waals surface area contributed by atoms with E-state index in [4.69, 9.17) is 4.74 Å². The smallest absolute Gasteiger partial charge is 0.306 e. The monoisotopic (exact) mass is 732 g/mol. The lowest BCUT2D eigenvalue weighted by Gasteiger charge is -2.24. The third-order valence-corrected chi connectivity index (χ3v) is 9.95. The van der Waals surface area contributed by atoms with E-state index in [0.29, 0.717) is 19.3 Å². The Hall–Kier alpha value is -1.92. The van der Waals surface area contributed by atoms with Gasteiger partial charge in [0.1, 0.15) is 6.10 Å². The quantitative estimate of drug-likeness (QED) is 0.0253. The van der Waals surface area contributed by atoms with Crippen molar-refractivity contribution >= 4 is 11.9 Å². The van der Waals surface area contributed by atoms with Crippen LogP contribution in [0.4, 0.5) is 0 Å². The molecule has 0 bridgehead atoms. The highest BCUT2D eigenvalue weighted by Crippen LogP contribution is 2.16. The molecule has 6 heteroatoms. The van der Waals surface area contributed by atoms with Crippen molar-refractivity contribution in [3.63, 3.8) is 0 Å². The van der Waals surface area contributed by atoms with Crippen LogP contribution in [0.2, 0.25) is 0 Å². The zero-order valence-electron chi connectivity index (χ0n) is 34.4. The second-order valence-electron chi connectivity index (χ2n) is 15.1. The molecular weight excluding hydrogens is 647 g/mol. The van der Waals surface area contributed by atoms with Crippen LogP contribution >= 0.6 is 0 Å². The molecule has 0 radical (unpaired) electrons. The van der Waals surface area contributed by atoms with E-state index in [2.05, 4.69) is 62.5 Å². The molecule has 0 aromatic rings. The molecule has 0 aliphatic carbocycles. The average Bonchev–Trinajstić information content (AvgIpc) is 3.13. The van der Waals surface area contributed by atoms with Crippen molar-refractivity contribution in [1.29, 1.82) is 0 Å². The first-order chi connectivity index (χ1) is 25.5. The lowest BCUT2D eigenvalue weighted by atomic mass is 10.0. The maximum Gasteiger partial charge on any atom is 0.306 e. The fourth-order valence-electron chi connectivity index (χ4n) is 6.55. The Balaban J connectivity index is 4.70. The molecule has 0 aromatic carbocycles. The second-order valence-corrected chi connectivity index (χ2v) is 15.1. The maximum absolute atomic E-state index is 13.1. The first-order valence-corrected chi connectivity index (χ1v) is 22.2. The van der Waals surface area contributed by atoms with Gasteiger partial charge in [0.25, 0.3) is 0 Å². The molecule has 0 fully saturated rings. The van der Waals surface area contributed by atoms with Gasteiger partial charge in [-0.2, -0.15) is 0 Å². The predicted molar refractivity (Wildman–Crippen MR) is 222 cm³/mol. The van der Waals surface area contributed by atoms with Gasteiger partial charge in [0.15, 0.2) is 0 Å². The van der Waals surface area contributed by atoms with Crippen LogP contribution in [0.1, 0.15) is 220 Å². The highest BCUT2D eigenvalue weighted by Gasteiger charge is 2.24. The summed E-state index contributed by atoms with van der Waals surface area (Å²) < 4.78 is 5.85. The zero-order valence-corrected chi connectivity index (χ0v) is 34.4. The average molecular weight is 732 g/mol. The lowest BCUT2D eigenvalue weighted by molar-refractivity contribution is -0.151. The fraction of sp³-hybridized carbons (Fsp3) is 0.826. The third kappa shape index (κ3) is 35.1. The van der Waals surface area contributed by atoms with Crippen molar-refractivity contribution < 1.29 is 24.5 Å². The lowest BCUT2D eigenvalue weighted by Crippen LogP contribution is -2.46. The summed E-state index contributed by atoms with van der Waals surface area (Å²) in [5, 5.41) is 23.5. The van der Waals surface area contributed by atoms with E-state index >= 15 is 0 Å². The molecule has 0 saturated carbocycles. The molecule has 3 unspecified atom stereocenters. The number of unbranched alkanes of at least 4 members (excludes halogenated alkanes) is 22. The van der Waals surface area contributed by atoms with Crippen LogP contribution in [0.15, 0.2) is 36.5 Å². The number of amides is 1. The van der Waals surface area contributed by atoms with Gasteiger partial charge < -0.3 is 20.3 Å². The van der Waals surface area contributed by atoms with Crippen LogP contribution in [0, 0.1) is 0 Å². The van der Waals surface area contributed by atoms with Gasteiger partial charge in [-0.1, -0.05) is 179 Å². The molecule has 3 N–H and O–H groups in total. The second kappa shape index (κ2) is 40.3. The summed E-state index contributed by atoms with van der Waals surface area (Å²) in [7, 11) is 0. The highest BCUT2D eigenvalue weighted by molar-refractivity contribution is 5.77. The molecule has 0 heterocycles. The molecule has 0 aromatic heterocycles. The number of hydrogen-bond acceptors (Lipinski definition) is 5. The number of carbonyl (C=O) groups excluding carboxylic acids is 2. The number of rotatable bonds is 39. The van der Waals surface area contributed by atoms with Crippen molar-refractivity contribution in [2.24, 2.45) is 0 Å². The summed E-state index contributed by atoms with van der Waals surface area (Å²) >= 11 is 0. The molecule has 52 heavy (non-hydrogen) atoms. The van der Waals surface area contributed by atoms with E-state index in [9.17, 15) is 19.8 Å². The van der Waals surface area contributed by atoms with E-state index in [1.807, 2.05) is 0 Å². The normalized spacial score (nSPS) is 13.7. The van der Waals surface area contributed by atoms with Gasteiger partial charge in [-0.05, 0) is 64.2 Å². The number of carbonyl (C=O) groups is 2. The van der Waals surface area contributed by atoms with Gasteiger partial charge >= 0.3 is 5.97 Å². The molecule has 304 valence electrons. The van der Waals surface area contributed by atoms with Crippen LogP contribution < -0.4 is 5.32 Å². The first-order valence-electron chi connectivity index (χ1n) is 22.2. The molecule has 6 nitrogen and oxygen atoms in total. The van der Waals surface area contributed by atoms with Crippen LogP contribution in [0.25, 0.3) is 0 Å². The number of hydrogen-bond donors (Lipinski definition) is 3. The summed E-state index contributed by atoms with van der Waals surface area (Å²) in [6.45, 7) is 6.36. The van der Waals surface area contributed by atoms with Crippen molar-refractivity contribution in [1.82, 2.24) is 5.32 Å². The summed E-state index contributed by atoms with van der Waals surface area (Å²) in [5.74, 6) is -0.534. The molecular formula is C46H85NO5. The number of allylic oxidation sites excluding steroid dienone is 6. The number of aliphatic hydroxyl groups is 2. The molecule has 3 atom stereocenters. The van der Waals surface area contributed by atoms with Gasteiger partial charge in [-0.25, -0.2) is 0 Å². The summed E-state index contributed by atoms with van der Waals surface area (Å²) in [6, 6.07) is -0.712. The predicted octanol–water partition coefficient (Wildman–Crippen LogP) is 12.6. The summed E-state index contributed by atoms with van der Waals surface area (Å²) in [4.78, 5) is 25.9. The fourth-order valence-corrected chi connectivity index (χ4v) is 6.55. The Labute approximate surface area is 322 Å². The molecule has 1 amide bonds.